The summed E-state index contributed by atoms with van der Waals surface area (Å²) < 4.78 is 13.5. The zero-order valence-electron chi connectivity index (χ0n) is 10.2. The van der Waals surface area contributed by atoms with Crippen LogP contribution in [0.5, 0.6) is 0 Å². The van der Waals surface area contributed by atoms with Crippen LogP contribution in [0.25, 0.3) is 0 Å². The molecule has 88 valence electrons. The molecule has 0 aromatic carbocycles. The standard InChI is InChI=1S/C10H16BClN2O2/c1-9(2)10(3,4)16-11(15-9)7-6-8(12)13-14(7)5/h6H,1-5H3. The van der Waals surface area contributed by atoms with Gasteiger partial charge in [0.1, 0.15) is 0 Å². The van der Waals surface area contributed by atoms with Crippen LogP contribution in [0, 0.1) is 0 Å². The first kappa shape index (κ1) is 12.0. The van der Waals surface area contributed by atoms with E-state index in [9.17, 15) is 0 Å². The van der Waals surface area contributed by atoms with E-state index in [1.54, 1.807) is 10.7 Å². The summed E-state index contributed by atoms with van der Waals surface area (Å²) >= 11 is 5.84. The maximum Gasteiger partial charge on any atom is 0.514 e. The van der Waals surface area contributed by atoms with Crippen LogP contribution >= 0.6 is 11.6 Å². The summed E-state index contributed by atoms with van der Waals surface area (Å²) in [6, 6.07) is 1.77. The first-order valence-electron chi connectivity index (χ1n) is 5.28. The lowest BCUT2D eigenvalue weighted by Crippen LogP contribution is -2.41. The first-order chi connectivity index (χ1) is 7.23. The molecule has 1 aromatic heterocycles. The number of halogens is 1. The molecule has 0 bridgehead atoms. The van der Waals surface area contributed by atoms with Crippen LogP contribution in [0.3, 0.4) is 0 Å². The van der Waals surface area contributed by atoms with Gasteiger partial charge in [-0.15, -0.1) is 0 Å². The van der Waals surface area contributed by atoms with E-state index in [4.69, 9.17) is 20.9 Å². The van der Waals surface area contributed by atoms with E-state index in [0.717, 1.165) is 5.59 Å². The Morgan fingerprint density at radius 1 is 1.25 bits per heavy atom. The fraction of sp³-hybridized carbons (Fsp3) is 0.700. The molecular weight excluding hydrogens is 226 g/mol. The van der Waals surface area contributed by atoms with E-state index >= 15 is 0 Å². The number of rotatable bonds is 1. The SMILES string of the molecule is Cn1nc(Cl)cc1B1OC(C)(C)C(C)(C)O1. The van der Waals surface area contributed by atoms with Crippen LogP contribution in [0.4, 0.5) is 0 Å². The second kappa shape index (κ2) is 3.49. The molecule has 2 rings (SSSR count). The van der Waals surface area contributed by atoms with E-state index in [0.29, 0.717) is 5.15 Å². The van der Waals surface area contributed by atoms with Gasteiger partial charge in [0, 0.05) is 7.05 Å². The van der Waals surface area contributed by atoms with Crippen molar-refractivity contribution < 1.29 is 9.31 Å². The maximum absolute atomic E-state index is 5.90. The molecule has 0 radical (unpaired) electrons. The Kier molecular flexibility index (Phi) is 2.61. The van der Waals surface area contributed by atoms with Gasteiger partial charge >= 0.3 is 7.12 Å². The van der Waals surface area contributed by atoms with Crippen molar-refractivity contribution in [3.05, 3.63) is 11.2 Å². The fourth-order valence-electron chi connectivity index (χ4n) is 1.63. The van der Waals surface area contributed by atoms with E-state index in [1.807, 2.05) is 34.7 Å². The monoisotopic (exact) mass is 242 g/mol. The predicted molar refractivity (Wildman–Crippen MR) is 63.9 cm³/mol. The Hall–Kier alpha value is -0.515. The predicted octanol–water partition coefficient (Wildman–Crippen LogP) is 1.37. The number of nitrogens with zero attached hydrogens (tertiary/aromatic N) is 2. The molecule has 2 heterocycles. The third-order valence-electron chi connectivity index (χ3n) is 3.38. The van der Waals surface area contributed by atoms with Crippen LogP contribution in [-0.2, 0) is 16.4 Å². The first-order valence-corrected chi connectivity index (χ1v) is 5.66. The van der Waals surface area contributed by atoms with Crippen molar-refractivity contribution >= 4 is 24.3 Å². The Balaban J connectivity index is 2.30. The Labute approximate surface area is 101 Å². The van der Waals surface area contributed by atoms with Crippen LogP contribution in [0.2, 0.25) is 5.15 Å². The normalized spacial score (nSPS) is 22.8. The van der Waals surface area contributed by atoms with Crippen LogP contribution in [-0.4, -0.2) is 28.1 Å². The smallest absolute Gasteiger partial charge is 0.398 e. The summed E-state index contributed by atoms with van der Waals surface area (Å²) in [6.45, 7) is 8.08. The van der Waals surface area contributed by atoms with Gasteiger partial charge in [-0.1, -0.05) is 11.6 Å². The van der Waals surface area contributed by atoms with Gasteiger partial charge in [-0.25, -0.2) is 0 Å². The number of hydrogen-bond acceptors (Lipinski definition) is 3. The average molecular weight is 243 g/mol. The van der Waals surface area contributed by atoms with E-state index in [1.165, 1.54) is 0 Å². The third kappa shape index (κ3) is 1.77. The minimum Gasteiger partial charge on any atom is -0.398 e. The second-order valence-electron chi connectivity index (χ2n) is 5.10. The van der Waals surface area contributed by atoms with Gasteiger partial charge in [0.2, 0.25) is 0 Å². The van der Waals surface area contributed by atoms with Crippen molar-refractivity contribution in [2.24, 2.45) is 7.05 Å². The van der Waals surface area contributed by atoms with Crippen LogP contribution in [0.15, 0.2) is 6.07 Å². The summed E-state index contributed by atoms with van der Waals surface area (Å²) in [7, 11) is 1.42. The highest BCUT2D eigenvalue weighted by atomic mass is 35.5. The highest BCUT2D eigenvalue weighted by Crippen LogP contribution is 2.36. The second-order valence-corrected chi connectivity index (χ2v) is 5.49. The van der Waals surface area contributed by atoms with Gasteiger partial charge < -0.3 is 9.31 Å². The molecule has 1 aliphatic rings. The van der Waals surface area contributed by atoms with Gasteiger partial charge in [0.25, 0.3) is 0 Å². The van der Waals surface area contributed by atoms with Crippen molar-refractivity contribution in [3.8, 4) is 0 Å². The summed E-state index contributed by atoms with van der Waals surface area (Å²) in [4.78, 5) is 0. The van der Waals surface area contributed by atoms with E-state index < -0.39 is 7.12 Å². The number of aromatic nitrogens is 2. The maximum atomic E-state index is 5.90. The van der Waals surface area contributed by atoms with Crippen molar-refractivity contribution in [1.29, 1.82) is 0 Å². The van der Waals surface area contributed by atoms with Crippen molar-refractivity contribution in [2.75, 3.05) is 0 Å². The molecule has 0 aliphatic carbocycles. The molecule has 0 N–H and O–H groups in total. The van der Waals surface area contributed by atoms with Crippen LogP contribution in [0.1, 0.15) is 27.7 Å². The highest BCUT2D eigenvalue weighted by molar-refractivity contribution is 6.61. The van der Waals surface area contributed by atoms with Gasteiger partial charge in [0.15, 0.2) is 5.15 Å². The minimum absolute atomic E-state index is 0.339. The molecule has 1 aromatic rings. The van der Waals surface area contributed by atoms with Gasteiger partial charge in [-0.2, -0.15) is 5.10 Å². The van der Waals surface area contributed by atoms with Gasteiger partial charge in [-0.05, 0) is 33.8 Å². The van der Waals surface area contributed by atoms with Crippen molar-refractivity contribution in [2.45, 2.75) is 38.9 Å². The zero-order valence-corrected chi connectivity index (χ0v) is 11.0. The molecule has 1 saturated heterocycles. The molecule has 1 aliphatic heterocycles. The summed E-state index contributed by atoms with van der Waals surface area (Å²) in [5, 5.41) is 4.52. The molecule has 0 saturated carbocycles. The molecule has 1 fully saturated rings. The highest BCUT2D eigenvalue weighted by Gasteiger charge is 2.52. The molecule has 0 unspecified atom stereocenters. The van der Waals surface area contributed by atoms with E-state index in [-0.39, 0.29) is 11.2 Å². The molecular formula is C10H16BClN2O2. The van der Waals surface area contributed by atoms with Crippen molar-refractivity contribution in [1.82, 2.24) is 9.78 Å². The Morgan fingerprint density at radius 2 is 1.75 bits per heavy atom. The summed E-state index contributed by atoms with van der Waals surface area (Å²) in [5.41, 5.74) is 0.159. The quantitative estimate of drug-likeness (QED) is 0.698. The average Bonchev–Trinajstić information content (AvgIpc) is 2.51. The van der Waals surface area contributed by atoms with Gasteiger partial charge in [-0.3, -0.25) is 4.68 Å². The largest absolute Gasteiger partial charge is 0.514 e. The molecule has 4 nitrogen and oxygen atoms in total. The third-order valence-corrected chi connectivity index (χ3v) is 3.57. The molecule has 16 heavy (non-hydrogen) atoms. The molecule has 0 atom stereocenters. The van der Waals surface area contributed by atoms with Crippen molar-refractivity contribution in [3.63, 3.8) is 0 Å². The molecule has 6 heteroatoms. The Morgan fingerprint density at radius 3 is 2.12 bits per heavy atom. The topological polar surface area (TPSA) is 36.3 Å². The lowest BCUT2D eigenvalue weighted by Gasteiger charge is -2.32. The summed E-state index contributed by atoms with van der Waals surface area (Å²) in [5.74, 6) is 0. The minimum atomic E-state index is -0.407. The van der Waals surface area contributed by atoms with Crippen LogP contribution < -0.4 is 5.59 Å². The lowest BCUT2D eigenvalue weighted by atomic mass is 9.85. The van der Waals surface area contributed by atoms with E-state index in [2.05, 4.69) is 5.10 Å². The summed E-state index contributed by atoms with van der Waals surface area (Å²) in [6.07, 6.45) is 0. The fourth-order valence-corrected chi connectivity index (χ4v) is 1.85. The zero-order chi connectivity index (χ0) is 12.1. The van der Waals surface area contributed by atoms with Gasteiger partial charge in [0.05, 0.1) is 16.8 Å². The number of hydrogen-bond donors (Lipinski definition) is 0. The lowest BCUT2D eigenvalue weighted by molar-refractivity contribution is 0.00578. The Bertz CT molecular complexity index is 401. The molecule has 0 spiro atoms. The molecule has 0 amide bonds. The number of aryl methyl sites for hydroxylation is 1.